The summed E-state index contributed by atoms with van der Waals surface area (Å²) in [5, 5.41) is 0. The number of imidazole rings is 1. The van der Waals surface area contributed by atoms with Gasteiger partial charge in [0.05, 0.1) is 17.6 Å². The van der Waals surface area contributed by atoms with Crippen molar-refractivity contribution in [3.05, 3.63) is 29.6 Å². The molecule has 4 nitrogen and oxygen atoms in total. The first-order chi connectivity index (χ1) is 8.41. The van der Waals surface area contributed by atoms with E-state index in [4.69, 9.17) is 4.74 Å². The number of esters is 1. The van der Waals surface area contributed by atoms with Gasteiger partial charge in [-0.2, -0.15) is 0 Å². The number of nitrogens with zero attached hydrogens (tertiary/aromatic N) is 1. The fourth-order valence-electron chi connectivity index (χ4n) is 1.77. The maximum absolute atomic E-state index is 11.6. The standard InChI is InChI=1S/C14H18N2O2/c1-5-18-13(17)12-15-10-7-6-9(14(2,3)4)8-11(10)16-12/h6-8H,5H2,1-4H3,(H,15,16). The number of aromatic amines is 1. The molecule has 1 heterocycles. The third kappa shape index (κ3) is 2.37. The molecule has 2 aromatic rings. The molecule has 0 saturated heterocycles. The van der Waals surface area contributed by atoms with E-state index in [1.165, 1.54) is 5.56 Å². The lowest BCUT2D eigenvalue weighted by Gasteiger charge is -2.18. The Labute approximate surface area is 106 Å². The van der Waals surface area contributed by atoms with Crippen LogP contribution in [0.4, 0.5) is 0 Å². The highest BCUT2D eigenvalue weighted by molar-refractivity contribution is 5.90. The van der Waals surface area contributed by atoms with Crippen LogP contribution in [0.25, 0.3) is 11.0 Å². The maximum Gasteiger partial charge on any atom is 0.374 e. The molecule has 0 atom stereocenters. The van der Waals surface area contributed by atoms with Gasteiger partial charge < -0.3 is 9.72 Å². The van der Waals surface area contributed by atoms with Gasteiger partial charge in [0, 0.05) is 0 Å². The average molecular weight is 246 g/mol. The zero-order valence-electron chi connectivity index (χ0n) is 11.2. The summed E-state index contributed by atoms with van der Waals surface area (Å²) in [7, 11) is 0. The molecule has 0 fully saturated rings. The number of carbonyl (C=O) groups is 1. The van der Waals surface area contributed by atoms with Crippen LogP contribution in [0.5, 0.6) is 0 Å². The van der Waals surface area contributed by atoms with Crippen LogP contribution in [0, 0.1) is 0 Å². The quantitative estimate of drug-likeness (QED) is 0.829. The lowest BCUT2D eigenvalue weighted by atomic mass is 9.87. The van der Waals surface area contributed by atoms with Crippen molar-refractivity contribution in [3.63, 3.8) is 0 Å². The van der Waals surface area contributed by atoms with E-state index in [2.05, 4.69) is 30.7 Å². The monoisotopic (exact) mass is 246 g/mol. The van der Waals surface area contributed by atoms with Crippen LogP contribution in [0.3, 0.4) is 0 Å². The summed E-state index contributed by atoms with van der Waals surface area (Å²) in [6.07, 6.45) is 0. The lowest BCUT2D eigenvalue weighted by Crippen LogP contribution is -2.10. The van der Waals surface area contributed by atoms with E-state index in [1.807, 2.05) is 18.2 Å². The Morgan fingerprint density at radius 2 is 2.11 bits per heavy atom. The van der Waals surface area contributed by atoms with Gasteiger partial charge in [0.1, 0.15) is 0 Å². The third-order valence-corrected chi connectivity index (χ3v) is 2.82. The number of nitrogens with one attached hydrogen (secondary N) is 1. The second-order valence-corrected chi connectivity index (χ2v) is 5.29. The predicted molar refractivity (Wildman–Crippen MR) is 70.8 cm³/mol. The zero-order valence-corrected chi connectivity index (χ0v) is 11.2. The van der Waals surface area contributed by atoms with Gasteiger partial charge in [0.2, 0.25) is 5.82 Å². The van der Waals surface area contributed by atoms with Crippen LogP contribution in [0.15, 0.2) is 18.2 Å². The minimum absolute atomic E-state index is 0.0728. The minimum atomic E-state index is -0.411. The molecule has 0 aliphatic carbocycles. The van der Waals surface area contributed by atoms with E-state index < -0.39 is 5.97 Å². The van der Waals surface area contributed by atoms with E-state index in [9.17, 15) is 4.79 Å². The maximum atomic E-state index is 11.6. The van der Waals surface area contributed by atoms with Crippen molar-refractivity contribution in [2.24, 2.45) is 0 Å². The van der Waals surface area contributed by atoms with Crippen LogP contribution < -0.4 is 0 Å². The first kappa shape index (κ1) is 12.6. The Hall–Kier alpha value is -1.84. The number of benzene rings is 1. The molecule has 1 aromatic carbocycles. The van der Waals surface area contributed by atoms with Crippen LogP contribution in [-0.4, -0.2) is 22.5 Å². The molecule has 1 N–H and O–H groups in total. The number of rotatable bonds is 2. The van der Waals surface area contributed by atoms with Crippen molar-refractivity contribution in [2.45, 2.75) is 33.1 Å². The normalized spacial score (nSPS) is 11.8. The third-order valence-electron chi connectivity index (χ3n) is 2.82. The fourth-order valence-corrected chi connectivity index (χ4v) is 1.77. The molecule has 0 amide bonds. The van der Waals surface area contributed by atoms with Gasteiger partial charge in [-0.15, -0.1) is 0 Å². The summed E-state index contributed by atoms with van der Waals surface area (Å²) in [5.74, 6) is -0.149. The number of hydrogen-bond acceptors (Lipinski definition) is 3. The largest absolute Gasteiger partial charge is 0.460 e. The Kier molecular flexibility index (Phi) is 3.11. The second kappa shape index (κ2) is 4.44. The molecule has 96 valence electrons. The van der Waals surface area contributed by atoms with Gasteiger partial charge in [-0.05, 0) is 30.0 Å². The molecule has 0 radical (unpaired) electrons. The molecule has 0 bridgehead atoms. The van der Waals surface area contributed by atoms with Crippen molar-refractivity contribution < 1.29 is 9.53 Å². The zero-order chi connectivity index (χ0) is 13.3. The van der Waals surface area contributed by atoms with Crippen molar-refractivity contribution in [2.75, 3.05) is 6.61 Å². The highest BCUT2D eigenvalue weighted by Gasteiger charge is 2.16. The van der Waals surface area contributed by atoms with Crippen molar-refractivity contribution in [1.82, 2.24) is 9.97 Å². The Bertz CT molecular complexity index is 579. The lowest BCUT2D eigenvalue weighted by molar-refractivity contribution is 0.0514. The summed E-state index contributed by atoms with van der Waals surface area (Å²) < 4.78 is 4.92. The molecule has 0 unspecified atom stereocenters. The molecule has 0 spiro atoms. The highest BCUT2D eigenvalue weighted by Crippen LogP contribution is 2.25. The first-order valence-corrected chi connectivity index (χ1v) is 6.09. The molecule has 2 rings (SSSR count). The molecule has 4 heteroatoms. The van der Waals surface area contributed by atoms with E-state index in [-0.39, 0.29) is 11.2 Å². The molecular weight excluding hydrogens is 228 g/mol. The van der Waals surface area contributed by atoms with Gasteiger partial charge in [-0.1, -0.05) is 26.8 Å². The van der Waals surface area contributed by atoms with Crippen molar-refractivity contribution >= 4 is 17.0 Å². The molecule has 0 aliphatic heterocycles. The number of aromatic nitrogens is 2. The minimum Gasteiger partial charge on any atom is -0.460 e. The average Bonchev–Trinajstić information content (AvgIpc) is 2.70. The van der Waals surface area contributed by atoms with Crippen LogP contribution in [-0.2, 0) is 10.2 Å². The summed E-state index contributed by atoms with van der Waals surface area (Å²) in [6, 6.07) is 6.00. The Balaban J connectivity index is 2.43. The number of H-pyrrole nitrogens is 1. The Morgan fingerprint density at radius 3 is 2.72 bits per heavy atom. The predicted octanol–water partition coefficient (Wildman–Crippen LogP) is 3.04. The summed E-state index contributed by atoms with van der Waals surface area (Å²) in [5.41, 5.74) is 2.93. The number of ether oxygens (including phenoxy) is 1. The summed E-state index contributed by atoms with van der Waals surface area (Å²) in [6.45, 7) is 8.58. The Morgan fingerprint density at radius 1 is 1.39 bits per heavy atom. The smallest absolute Gasteiger partial charge is 0.374 e. The van der Waals surface area contributed by atoms with E-state index in [1.54, 1.807) is 6.92 Å². The summed E-state index contributed by atoms with van der Waals surface area (Å²) >= 11 is 0. The molecule has 1 aromatic heterocycles. The van der Waals surface area contributed by atoms with Crippen LogP contribution >= 0.6 is 0 Å². The fraction of sp³-hybridized carbons (Fsp3) is 0.429. The number of hydrogen-bond donors (Lipinski definition) is 1. The van der Waals surface area contributed by atoms with Gasteiger partial charge >= 0.3 is 5.97 Å². The molecule has 18 heavy (non-hydrogen) atoms. The molecule has 0 aliphatic rings. The summed E-state index contributed by atoms with van der Waals surface area (Å²) in [4.78, 5) is 18.8. The topological polar surface area (TPSA) is 55.0 Å². The number of fused-ring (bicyclic) bond motifs is 1. The second-order valence-electron chi connectivity index (χ2n) is 5.29. The first-order valence-electron chi connectivity index (χ1n) is 6.09. The van der Waals surface area contributed by atoms with Crippen LogP contribution in [0.2, 0.25) is 0 Å². The van der Waals surface area contributed by atoms with E-state index in [0.29, 0.717) is 6.61 Å². The van der Waals surface area contributed by atoms with Crippen LogP contribution in [0.1, 0.15) is 43.9 Å². The number of carbonyl (C=O) groups excluding carboxylic acids is 1. The molecule has 0 saturated carbocycles. The van der Waals surface area contributed by atoms with Gasteiger partial charge in [0.15, 0.2) is 0 Å². The van der Waals surface area contributed by atoms with Gasteiger partial charge in [-0.3, -0.25) is 0 Å². The van der Waals surface area contributed by atoms with E-state index >= 15 is 0 Å². The molecular formula is C14H18N2O2. The highest BCUT2D eigenvalue weighted by atomic mass is 16.5. The van der Waals surface area contributed by atoms with Crippen molar-refractivity contribution in [3.8, 4) is 0 Å². The SMILES string of the molecule is CCOC(=O)c1nc2ccc(C(C)(C)C)cc2[nH]1. The van der Waals surface area contributed by atoms with Crippen molar-refractivity contribution in [1.29, 1.82) is 0 Å². The van der Waals surface area contributed by atoms with Gasteiger partial charge in [0.25, 0.3) is 0 Å². The van der Waals surface area contributed by atoms with Gasteiger partial charge in [-0.25, -0.2) is 9.78 Å². The van der Waals surface area contributed by atoms with E-state index in [0.717, 1.165) is 11.0 Å².